The van der Waals surface area contributed by atoms with Gasteiger partial charge in [-0.3, -0.25) is 15.0 Å². The first kappa shape index (κ1) is 27.7. The molecule has 5 heteroatoms. The van der Waals surface area contributed by atoms with Crippen molar-refractivity contribution in [2.24, 2.45) is 10.8 Å². The van der Waals surface area contributed by atoms with E-state index in [2.05, 4.69) is 15.0 Å². The Hall–Kier alpha value is -6.72. The Labute approximate surface area is 415 Å². The lowest BCUT2D eigenvalue weighted by Crippen LogP contribution is -2.12. The largest absolute Gasteiger partial charge is 0.455 e. The molecule has 4 heterocycles. The molecule has 0 radical (unpaired) electrons. The predicted octanol–water partition coefficient (Wildman–Crippen LogP) is 15.4. The third-order valence-corrected chi connectivity index (χ3v) is 10.3. The normalized spacial score (nSPS) is 17.8. The van der Waals surface area contributed by atoms with Crippen LogP contribution in [0.1, 0.15) is 111 Å². The summed E-state index contributed by atoms with van der Waals surface area (Å²) in [6, 6.07) is 30.1. The molecular weight excluding hydrogens is 810 g/mol. The summed E-state index contributed by atoms with van der Waals surface area (Å²) in [5.41, 5.74) is -4.73. The molecule has 0 aliphatic heterocycles. The van der Waals surface area contributed by atoms with Gasteiger partial charge in [-0.15, -0.1) is 0 Å². The number of halogens is 1. The van der Waals surface area contributed by atoms with Crippen LogP contribution in [0.25, 0.3) is 55.7 Å². The van der Waals surface area contributed by atoms with E-state index in [1.54, 1.807) is 120 Å². The fourth-order valence-corrected chi connectivity index (χ4v) is 7.40. The van der Waals surface area contributed by atoms with Crippen LogP contribution in [-0.2, 0) is 51.0 Å². The lowest BCUT2D eigenvalue weighted by atomic mass is 9.84. The van der Waals surface area contributed by atoms with E-state index >= 15 is 0 Å². The van der Waals surface area contributed by atoms with E-state index in [4.69, 9.17) is 7.16 Å². The van der Waals surface area contributed by atoms with Gasteiger partial charge in [0, 0.05) is 74.0 Å². The van der Waals surface area contributed by atoms with Gasteiger partial charge in [-0.25, -0.2) is 4.39 Å². The van der Waals surface area contributed by atoms with Crippen molar-refractivity contribution < 1.29 is 33.5 Å². The summed E-state index contributed by atoms with van der Waals surface area (Å²) in [4.78, 5) is 13.4. The molecule has 0 saturated heterocycles. The van der Waals surface area contributed by atoms with E-state index in [9.17, 15) is 26.3 Å². The summed E-state index contributed by atoms with van der Waals surface area (Å²) >= 11 is 0. The molecule has 0 aliphatic rings. The molecule has 0 aliphatic carbocycles. The van der Waals surface area contributed by atoms with Gasteiger partial charge in [-0.2, -0.15) is 0 Å². The van der Waals surface area contributed by atoms with Crippen molar-refractivity contribution in [1.82, 2.24) is 15.0 Å². The van der Waals surface area contributed by atoms with Crippen LogP contribution in [0.4, 0.5) is 4.39 Å². The van der Waals surface area contributed by atoms with E-state index in [1.165, 1.54) is 30.3 Å². The minimum absolute atomic E-state index is 0.114. The standard InChI is InChI=1S/C61H60FN3O/c1-60(2,3)36-49-33-56(45-14-9-7-10-15-45)64-39-47(49)25-22-43-30-42(31-44(32-43)23-26-48-40-65-57(46-16-11-8-12-17-46)34-50(48)37-61(4,5)6)21-20-41-24-29-55(63-38-41)54-19-13-18-53-52-28-27-51(62)35-58(52)66-59(53)54/h7-19,24,27-35,38-40H,20-23,25-26,36-37H2,1-6H3/i20D2,21D2,22D2,23D2,25D2,26D2,27D,35D,36D2,37D2. The van der Waals surface area contributed by atoms with Gasteiger partial charge < -0.3 is 4.42 Å². The third-order valence-electron chi connectivity index (χ3n) is 10.3. The molecule has 9 rings (SSSR count). The maximum Gasteiger partial charge on any atom is 0.144 e. The smallest absolute Gasteiger partial charge is 0.144 e. The second kappa shape index (κ2) is 19.0. The minimum Gasteiger partial charge on any atom is -0.455 e. The molecule has 0 N–H and O–H groups in total. The number of furan rings is 1. The van der Waals surface area contributed by atoms with Crippen LogP contribution in [0.3, 0.4) is 0 Å². The summed E-state index contributed by atoms with van der Waals surface area (Å²) in [6.07, 6.45) is -21.7. The molecule has 0 fully saturated rings. The summed E-state index contributed by atoms with van der Waals surface area (Å²) < 4.78 is 192. The number of nitrogens with zero attached hydrogens (tertiary/aromatic N) is 3. The van der Waals surface area contributed by atoms with Gasteiger partial charge in [-0.1, -0.05) is 139 Å². The van der Waals surface area contributed by atoms with E-state index in [-0.39, 0.29) is 44.9 Å². The number of pyridine rings is 3. The highest BCUT2D eigenvalue weighted by molar-refractivity contribution is 6.09. The van der Waals surface area contributed by atoms with Crippen LogP contribution in [0.5, 0.6) is 0 Å². The molecule has 0 bridgehead atoms. The first-order chi connectivity index (χ1) is 38.7. The third kappa shape index (κ3) is 10.9. The van der Waals surface area contributed by atoms with Crippen LogP contribution in [0.2, 0.25) is 0 Å². The van der Waals surface area contributed by atoms with Crippen molar-refractivity contribution >= 4 is 21.9 Å². The molecule has 9 aromatic rings. The topological polar surface area (TPSA) is 51.8 Å². The van der Waals surface area contributed by atoms with Crippen LogP contribution < -0.4 is 0 Å². The van der Waals surface area contributed by atoms with Crippen molar-refractivity contribution in [3.63, 3.8) is 0 Å². The van der Waals surface area contributed by atoms with Crippen LogP contribution in [-0.4, -0.2) is 15.0 Å². The summed E-state index contributed by atoms with van der Waals surface area (Å²) in [6.45, 7) is 9.53. The van der Waals surface area contributed by atoms with Crippen molar-refractivity contribution in [3.05, 3.63) is 208 Å². The molecule has 332 valence electrons. The zero-order chi connectivity index (χ0) is 61.9. The fourth-order valence-electron chi connectivity index (χ4n) is 7.40. The zero-order valence-corrected chi connectivity index (χ0v) is 37.5. The van der Waals surface area contributed by atoms with Crippen molar-refractivity contribution in [2.45, 2.75) is 92.5 Å². The van der Waals surface area contributed by atoms with Crippen LogP contribution in [0, 0.1) is 16.6 Å². The fraction of sp³-hybridized carbons (Fsp3) is 0.262. The van der Waals surface area contributed by atoms with E-state index in [0.717, 1.165) is 36.8 Å². The number of rotatable bonds is 14. The van der Waals surface area contributed by atoms with Gasteiger partial charge in [0.2, 0.25) is 0 Å². The number of fused-ring (bicyclic) bond motifs is 3. The molecule has 0 atom stereocenters. The monoisotopic (exact) mass is 888 g/mol. The minimum atomic E-state index is -3.43. The highest BCUT2D eigenvalue weighted by Gasteiger charge is 2.19. The van der Waals surface area contributed by atoms with E-state index in [0.29, 0.717) is 27.5 Å². The Balaban J connectivity index is 1.24. The van der Waals surface area contributed by atoms with Crippen LogP contribution in [0.15, 0.2) is 162 Å². The predicted molar refractivity (Wildman–Crippen MR) is 271 cm³/mol. The lowest BCUT2D eigenvalue weighted by Gasteiger charge is -2.21. The number of hydrogen-bond donors (Lipinski definition) is 0. The van der Waals surface area contributed by atoms with Crippen molar-refractivity contribution in [3.8, 4) is 33.8 Å². The number of aromatic nitrogens is 3. The Morgan fingerprint density at radius 1 is 0.500 bits per heavy atom. The van der Waals surface area contributed by atoms with Gasteiger partial charge in [0.1, 0.15) is 17.0 Å². The lowest BCUT2D eigenvalue weighted by molar-refractivity contribution is 0.409. The summed E-state index contributed by atoms with van der Waals surface area (Å²) in [5.74, 6) is -1.08. The van der Waals surface area contributed by atoms with E-state index < -0.39 is 108 Å². The average Bonchev–Trinajstić information content (AvgIpc) is 1.16. The van der Waals surface area contributed by atoms with Gasteiger partial charge in [-0.05, 0) is 143 Å². The van der Waals surface area contributed by atoms with Gasteiger partial charge in [0.15, 0.2) is 0 Å². The Morgan fingerprint density at radius 3 is 1.53 bits per heavy atom. The second-order valence-corrected chi connectivity index (χ2v) is 17.9. The molecule has 66 heavy (non-hydrogen) atoms. The molecule has 5 aromatic carbocycles. The molecule has 4 aromatic heterocycles. The van der Waals surface area contributed by atoms with Crippen LogP contribution >= 0.6 is 0 Å². The van der Waals surface area contributed by atoms with Gasteiger partial charge in [0.25, 0.3) is 0 Å². The zero-order valence-electron chi connectivity index (χ0n) is 55.5. The number of aryl methyl sites for hydroxylation is 6. The summed E-state index contributed by atoms with van der Waals surface area (Å²) in [7, 11) is 0. The maximum absolute atomic E-state index is 14.7. The maximum atomic E-state index is 14.7. The van der Waals surface area contributed by atoms with Crippen molar-refractivity contribution in [1.29, 1.82) is 0 Å². The molecular formula is C61H60FN3O. The molecule has 0 saturated carbocycles. The van der Waals surface area contributed by atoms with Gasteiger partial charge in [0.05, 0.1) is 19.8 Å². The first-order valence-electron chi connectivity index (χ1n) is 30.6. The summed E-state index contributed by atoms with van der Waals surface area (Å²) in [5, 5.41) is 0.731. The van der Waals surface area contributed by atoms with Crippen molar-refractivity contribution in [2.75, 3.05) is 0 Å². The Kier molecular flexibility index (Phi) is 7.98. The number of para-hydroxylation sites is 1. The quantitative estimate of drug-likeness (QED) is 0.109. The second-order valence-electron chi connectivity index (χ2n) is 17.9. The average molecular weight is 888 g/mol. The Bertz CT molecular complexity index is 3830. The SMILES string of the molecule is [2H]c1cc2c(oc3c(-c4ccc(C([2H])([2H])C([2H])([2H])c5cc(C([2H])([2H])C([2H])([2H])c6cnc(-c7ccccc7)cc6C([2H])([2H])C(C)(C)C)cc(C([2H])([2H])C([2H])([2H])c6cnc(-c7ccccc7)cc6C([2H])([2H])C(C)(C)C)c5)cn4)cccc32)c([2H])c1F. The molecule has 0 amide bonds. The number of benzene rings is 5. The molecule has 0 spiro atoms. The highest BCUT2D eigenvalue weighted by Crippen LogP contribution is 2.36. The molecule has 4 nitrogen and oxygen atoms in total. The highest BCUT2D eigenvalue weighted by atomic mass is 19.1. The Morgan fingerprint density at radius 2 is 1.02 bits per heavy atom. The first-order valence-corrected chi connectivity index (χ1v) is 21.6. The molecule has 0 unspecified atom stereocenters. The van der Waals surface area contributed by atoms with Gasteiger partial charge >= 0.3 is 0 Å². The number of hydrogen-bond acceptors (Lipinski definition) is 4. The van der Waals surface area contributed by atoms with E-state index in [1.807, 2.05) is 0 Å².